The number of hydrogen-bond donors (Lipinski definition) is 0. The van der Waals surface area contributed by atoms with Gasteiger partial charge in [-0.3, -0.25) is 0 Å². The number of benzene rings is 10. The van der Waals surface area contributed by atoms with Gasteiger partial charge in [-0.05, 0) is 156 Å². The molecule has 0 aliphatic heterocycles. The van der Waals surface area contributed by atoms with E-state index in [1.54, 1.807) is 12.1 Å². The average molecular weight is 926 g/mol. The Balaban J connectivity index is 1.06. The third kappa shape index (κ3) is 7.90. The fraction of sp³-hybridized carbons (Fsp3) is 0.0606. The molecule has 10 aromatic rings. The maximum absolute atomic E-state index is 13.5. The molecule has 5 heteroatoms. The topological polar surface area (TPSA) is 12.5 Å². The first-order valence-electron chi connectivity index (χ1n) is 24.0. The van der Waals surface area contributed by atoms with Crippen LogP contribution in [0.2, 0.25) is 0 Å². The number of nitrogens with zero attached hydrogens (tertiary/aromatic N) is 1. The summed E-state index contributed by atoms with van der Waals surface area (Å²) in [6.07, 6.45) is 4.10. The molecule has 0 aromatic heterocycles. The first kappa shape index (κ1) is 43.6. The standard InChI is InChI=1S/C66H46F3NO/c67-66(68,69)71-56-39-32-49(33-40-56)58-42-43-60(59-27-15-19-48-18-13-14-26-57(48)59)63-61-41-34-50(44-62(61)65(64(58)63,51-20-7-2-8-21-51)52-22-9-3-10-23-52)47-30-37-55(38-31-47)70(53-24-11-4-12-25-53)54-35-28-46(29-36-54)45-16-5-1-6-17-45/h2-5,7-44H,1,6H2. The van der Waals surface area contributed by atoms with E-state index >= 15 is 0 Å². The highest BCUT2D eigenvalue weighted by Crippen LogP contribution is 2.62. The lowest BCUT2D eigenvalue weighted by Crippen LogP contribution is -2.29. The van der Waals surface area contributed by atoms with E-state index in [0.717, 1.165) is 107 Å². The first-order chi connectivity index (χ1) is 34.8. The lowest BCUT2D eigenvalue weighted by molar-refractivity contribution is -0.274. The molecule has 12 rings (SSSR count). The highest BCUT2D eigenvalue weighted by molar-refractivity contribution is 6.06. The van der Waals surface area contributed by atoms with Gasteiger partial charge in [0.25, 0.3) is 0 Å². The zero-order chi connectivity index (χ0) is 47.9. The van der Waals surface area contributed by atoms with E-state index in [0.29, 0.717) is 0 Å². The average Bonchev–Trinajstić information content (AvgIpc) is 3.74. The van der Waals surface area contributed by atoms with Crippen molar-refractivity contribution >= 4 is 33.4 Å². The van der Waals surface area contributed by atoms with Crippen molar-refractivity contribution in [2.45, 2.75) is 24.6 Å². The normalized spacial score (nSPS) is 13.6. The molecule has 0 spiro atoms. The number of allylic oxidation sites excluding steroid dienone is 4. The van der Waals surface area contributed by atoms with Crippen molar-refractivity contribution in [3.8, 4) is 50.3 Å². The maximum atomic E-state index is 13.5. The largest absolute Gasteiger partial charge is 0.573 e. The fourth-order valence-electron chi connectivity index (χ4n) is 11.0. The molecule has 0 amide bonds. The summed E-state index contributed by atoms with van der Waals surface area (Å²) in [5, 5.41) is 2.27. The summed E-state index contributed by atoms with van der Waals surface area (Å²) in [6.45, 7) is 0. The lowest BCUT2D eigenvalue weighted by Gasteiger charge is -2.36. The van der Waals surface area contributed by atoms with Gasteiger partial charge in [-0.15, -0.1) is 13.2 Å². The third-order valence-electron chi connectivity index (χ3n) is 14.1. The summed E-state index contributed by atoms with van der Waals surface area (Å²) in [7, 11) is 0. The smallest absolute Gasteiger partial charge is 0.406 e. The van der Waals surface area contributed by atoms with Crippen molar-refractivity contribution in [2.24, 2.45) is 0 Å². The van der Waals surface area contributed by atoms with Gasteiger partial charge >= 0.3 is 6.36 Å². The maximum Gasteiger partial charge on any atom is 0.573 e. The minimum Gasteiger partial charge on any atom is -0.406 e. The van der Waals surface area contributed by atoms with Crippen LogP contribution in [0.3, 0.4) is 0 Å². The second-order valence-electron chi connectivity index (χ2n) is 18.2. The zero-order valence-corrected chi connectivity index (χ0v) is 38.7. The first-order valence-corrected chi connectivity index (χ1v) is 24.0. The molecule has 71 heavy (non-hydrogen) atoms. The highest BCUT2D eigenvalue weighted by Gasteiger charge is 2.49. The van der Waals surface area contributed by atoms with E-state index in [1.165, 1.54) is 23.3 Å². The molecule has 0 fully saturated rings. The van der Waals surface area contributed by atoms with Crippen LogP contribution in [0.1, 0.15) is 40.7 Å². The number of fused-ring (bicyclic) bond motifs is 4. The highest BCUT2D eigenvalue weighted by atomic mass is 19.4. The van der Waals surface area contributed by atoms with E-state index in [1.807, 2.05) is 18.2 Å². The van der Waals surface area contributed by atoms with Gasteiger partial charge < -0.3 is 9.64 Å². The van der Waals surface area contributed by atoms with E-state index in [2.05, 4.69) is 222 Å². The second-order valence-corrected chi connectivity index (χ2v) is 18.2. The van der Waals surface area contributed by atoms with E-state index in [9.17, 15) is 13.2 Å². The summed E-state index contributed by atoms with van der Waals surface area (Å²) in [4.78, 5) is 2.30. The molecule has 2 aliphatic rings. The molecule has 0 heterocycles. The van der Waals surface area contributed by atoms with Gasteiger partial charge in [-0.1, -0.05) is 200 Å². The predicted octanol–water partition coefficient (Wildman–Crippen LogP) is 18.3. The molecule has 0 radical (unpaired) electrons. The minimum absolute atomic E-state index is 0.267. The van der Waals surface area contributed by atoms with Crippen LogP contribution in [0.25, 0.3) is 60.9 Å². The summed E-state index contributed by atoms with van der Waals surface area (Å²) in [6, 6.07) is 81.8. The van der Waals surface area contributed by atoms with Gasteiger partial charge in [0.15, 0.2) is 0 Å². The van der Waals surface area contributed by atoms with Gasteiger partial charge in [0.05, 0.1) is 5.41 Å². The zero-order valence-electron chi connectivity index (χ0n) is 38.7. The number of anilines is 3. The van der Waals surface area contributed by atoms with Crippen LogP contribution >= 0.6 is 0 Å². The van der Waals surface area contributed by atoms with Crippen LogP contribution in [-0.2, 0) is 5.41 Å². The van der Waals surface area contributed by atoms with Crippen LogP contribution < -0.4 is 9.64 Å². The molecular formula is C66H46F3NO. The number of alkyl halides is 3. The number of rotatable bonds is 10. The van der Waals surface area contributed by atoms with Gasteiger partial charge in [0.1, 0.15) is 5.75 Å². The second kappa shape index (κ2) is 18.0. The third-order valence-corrected chi connectivity index (χ3v) is 14.1. The van der Waals surface area contributed by atoms with Crippen molar-refractivity contribution in [3.05, 3.63) is 283 Å². The van der Waals surface area contributed by atoms with Crippen LogP contribution in [0.4, 0.5) is 30.2 Å². The monoisotopic (exact) mass is 925 g/mol. The summed E-state index contributed by atoms with van der Waals surface area (Å²) < 4.78 is 44.8. The molecule has 2 nitrogen and oxygen atoms in total. The summed E-state index contributed by atoms with van der Waals surface area (Å²) >= 11 is 0. The minimum atomic E-state index is -4.81. The summed E-state index contributed by atoms with van der Waals surface area (Å²) in [5.41, 5.74) is 17.3. The Hall–Kier alpha value is -8.67. The number of para-hydroxylation sites is 1. The molecule has 0 bridgehead atoms. The molecule has 0 atom stereocenters. The Kier molecular flexibility index (Phi) is 11.1. The van der Waals surface area contributed by atoms with Crippen molar-refractivity contribution in [2.75, 3.05) is 4.90 Å². The number of ether oxygens (including phenoxy) is 1. The van der Waals surface area contributed by atoms with Gasteiger partial charge in [0, 0.05) is 17.1 Å². The van der Waals surface area contributed by atoms with E-state index < -0.39 is 11.8 Å². The predicted molar refractivity (Wildman–Crippen MR) is 285 cm³/mol. The van der Waals surface area contributed by atoms with Crippen molar-refractivity contribution in [3.63, 3.8) is 0 Å². The fourth-order valence-corrected chi connectivity index (χ4v) is 11.0. The molecular weight excluding hydrogens is 880 g/mol. The van der Waals surface area contributed by atoms with Crippen molar-refractivity contribution in [1.29, 1.82) is 0 Å². The SMILES string of the molecule is FC(F)(F)Oc1ccc(-c2ccc(-c3cccc4ccccc34)c3c2C(c2ccccc2)(c2ccccc2)c2cc(-c4ccc(N(c5ccccc5)c5ccc(C6=CCCC=C6)cc5)cc4)ccc2-3)cc1. The van der Waals surface area contributed by atoms with Crippen LogP contribution in [0.5, 0.6) is 5.75 Å². The van der Waals surface area contributed by atoms with Crippen LogP contribution in [0, 0.1) is 0 Å². The van der Waals surface area contributed by atoms with Crippen molar-refractivity contribution in [1.82, 2.24) is 0 Å². The molecule has 0 N–H and O–H groups in total. The van der Waals surface area contributed by atoms with Gasteiger partial charge in [-0.25, -0.2) is 0 Å². The van der Waals surface area contributed by atoms with Crippen molar-refractivity contribution < 1.29 is 17.9 Å². The number of halogens is 3. The van der Waals surface area contributed by atoms with Crippen LogP contribution in [0.15, 0.2) is 255 Å². The molecule has 342 valence electrons. The Bertz CT molecular complexity index is 3570. The quantitative estimate of drug-likeness (QED) is 0.136. The van der Waals surface area contributed by atoms with E-state index in [4.69, 9.17) is 0 Å². The van der Waals surface area contributed by atoms with Gasteiger partial charge in [-0.2, -0.15) is 0 Å². The lowest BCUT2D eigenvalue weighted by atomic mass is 9.65. The Morgan fingerprint density at radius 2 is 0.986 bits per heavy atom. The molecule has 0 saturated heterocycles. The number of hydrogen-bond acceptors (Lipinski definition) is 2. The molecule has 0 unspecified atom stereocenters. The van der Waals surface area contributed by atoms with Crippen LogP contribution in [-0.4, -0.2) is 6.36 Å². The molecule has 2 aliphatic carbocycles. The Labute approximate surface area is 411 Å². The molecule has 0 saturated carbocycles. The summed E-state index contributed by atoms with van der Waals surface area (Å²) in [5.74, 6) is -0.267. The molecule has 10 aromatic carbocycles. The Morgan fingerprint density at radius 3 is 1.63 bits per heavy atom. The van der Waals surface area contributed by atoms with E-state index in [-0.39, 0.29) is 5.75 Å². The Morgan fingerprint density at radius 1 is 0.437 bits per heavy atom. The van der Waals surface area contributed by atoms with Gasteiger partial charge in [0.2, 0.25) is 0 Å².